The van der Waals surface area contributed by atoms with E-state index >= 15 is 0 Å². The van der Waals surface area contributed by atoms with Crippen LogP contribution in [0.5, 0.6) is 0 Å². The molecule has 0 saturated heterocycles. The highest BCUT2D eigenvalue weighted by Gasteiger charge is 2.10. The summed E-state index contributed by atoms with van der Waals surface area (Å²) < 4.78 is 13.5. The maximum absolute atomic E-state index is 13.5. The van der Waals surface area contributed by atoms with Crippen LogP contribution in [-0.2, 0) is 6.54 Å². The zero-order valence-corrected chi connectivity index (χ0v) is 11.2. The number of pyridine rings is 1. The summed E-state index contributed by atoms with van der Waals surface area (Å²) in [7, 11) is 0. The van der Waals surface area contributed by atoms with Crippen LogP contribution in [0.2, 0.25) is 0 Å². The second kappa shape index (κ2) is 5.71. The first-order valence-electron chi connectivity index (χ1n) is 6.61. The van der Waals surface area contributed by atoms with Crippen molar-refractivity contribution in [2.24, 2.45) is 0 Å². The minimum absolute atomic E-state index is 0.0642. The van der Waals surface area contributed by atoms with Crippen molar-refractivity contribution in [3.05, 3.63) is 77.9 Å². The number of benzene rings is 2. The molecular weight excluding hydrogens is 267 g/mol. The molecule has 0 spiro atoms. The minimum Gasteiger partial charge on any atom is -0.346 e. The van der Waals surface area contributed by atoms with Crippen LogP contribution >= 0.6 is 0 Å². The zero-order chi connectivity index (χ0) is 14.7. The molecule has 1 aromatic heterocycles. The number of nitrogens with zero attached hydrogens (tertiary/aromatic N) is 1. The highest BCUT2D eigenvalue weighted by atomic mass is 19.1. The van der Waals surface area contributed by atoms with Crippen LogP contribution in [0.25, 0.3) is 10.8 Å². The summed E-state index contributed by atoms with van der Waals surface area (Å²) in [5.41, 5.74) is 0.801. The number of amides is 1. The van der Waals surface area contributed by atoms with Gasteiger partial charge in [0.15, 0.2) is 0 Å². The number of aromatic nitrogens is 1. The van der Waals surface area contributed by atoms with E-state index in [9.17, 15) is 9.18 Å². The largest absolute Gasteiger partial charge is 0.346 e. The number of fused-ring (bicyclic) bond motifs is 1. The smallest absolute Gasteiger partial charge is 0.252 e. The van der Waals surface area contributed by atoms with E-state index in [0.717, 1.165) is 10.8 Å². The van der Waals surface area contributed by atoms with Crippen molar-refractivity contribution in [3.63, 3.8) is 0 Å². The van der Waals surface area contributed by atoms with Gasteiger partial charge in [-0.3, -0.25) is 9.78 Å². The third kappa shape index (κ3) is 2.74. The first-order chi connectivity index (χ1) is 10.3. The number of hydrogen-bond acceptors (Lipinski definition) is 2. The van der Waals surface area contributed by atoms with Gasteiger partial charge in [0.25, 0.3) is 5.91 Å². The quantitative estimate of drug-likeness (QED) is 0.799. The van der Waals surface area contributed by atoms with Crippen molar-refractivity contribution in [2.75, 3.05) is 0 Å². The van der Waals surface area contributed by atoms with Gasteiger partial charge in [0.2, 0.25) is 0 Å². The van der Waals surface area contributed by atoms with Gasteiger partial charge in [0.05, 0.1) is 12.2 Å². The average molecular weight is 280 g/mol. The molecule has 1 N–H and O–H groups in total. The van der Waals surface area contributed by atoms with E-state index in [-0.39, 0.29) is 18.1 Å². The lowest BCUT2D eigenvalue weighted by Crippen LogP contribution is -2.24. The van der Waals surface area contributed by atoms with Crippen LogP contribution in [-0.4, -0.2) is 10.9 Å². The third-order valence-corrected chi connectivity index (χ3v) is 3.29. The van der Waals surface area contributed by atoms with E-state index in [0.29, 0.717) is 5.56 Å². The highest BCUT2D eigenvalue weighted by Crippen LogP contribution is 2.18. The maximum atomic E-state index is 13.5. The SMILES string of the molecule is O=C(NCc1ncccc1F)c1cccc2ccccc12. The van der Waals surface area contributed by atoms with Gasteiger partial charge in [-0.2, -0.15) is 0 Å². The number of carbonyl (C=O) groups excluding carboxylic acids is 1. The Hall–Kier alpha value is -2.75. The molecular formula is C17H13FN2O. The van der Waals surface area contributed by atoms with Crippen molar-refractivity contribution in [2.45, 2.75) is 6.54 Å². The summed E-state index contributed by atoms with van der Waals surface area (Å²) in [6.45, 7) is 0.0642. The van der Waals surface area contributed by atoms with E-state index in [1.165, 1.54) is 18.3 Å². The Morgan fingerprint density at radius 3 is 2.71 bits per heavy atom. The first kappa shape index (κ1) is 13.2. The van der Waals surface area contributed by atoms with E-state index in [1.807, 2.05) is 36.4 Å². The van der Waals surface area contributed by atoms with Gasteiger partial charge >= 0.3 is 0 Å². The molecule has 3 rings (SSSR count). The Morgan fingerprint density at radius 1 is 1.05 bits per heavy atom. The monoisotopic (exact) mass is 280 g/mol. The summed E-state index contributed by atoms with van der Waals surface area (Å²) >= 11 is 0. The lowest BCUT2D eigenvalue weighted by Gasteiger charge is -2.08. The fourth-order valence-electron chi connectivity index (χ4n) is 2.23. The molecule has 4 heteroatoms. The highest BCUT2D eigenvalue weighted by molar-refractivity contribution is 6.06. The van der Waals surface area contributed by atoms with Crippen molar-refractivity contribution in [1.82, 2.24) is 10.3 Å². The van der Waals surface area contributed by atoms with Gasteiger partial charge in [-0.25, -0.2) is 4.39 Å². The summed E-state index contributed by atoms with van der Waals surface area (Å²) in [5, 5.41) is 4.58. The summed E-state index contributed by atoms with van der Waals surface area (Å²) in [5.74, 6) is -0.660. The van der Waals surface area contributed by atoms with Gasteiger partial charge in [-0.15, -0.1) is 0 Å². The first-order valence-corrected chi connectivity index (χ1v) is 6.61. The molecule has 0 atom stereocenters. The van der Waals surface area contributed by atoms with Gasteiger partial charge in [-0.05, 0) is 29.0 Å². The third-order valence-electron chi connectivity index (χ3n) is 3.29. The normalized spacial score (nSPS) is 10.5. The molecule has 0 aliphatic carbocycles. The van der Waals surface area contributed by atoms with Gasteiger partial charge in [0, 0.05) is 11.8 Å². The number of rotatable bonds is 3. The minimum atomic E-state index is -0.421. The Labute approximate surface area is 121 Å². The van der Waals surface area contributed by atoms with Crippen LogP contribution in [0.1, 0.15) is 16.1 Å². The molecule has 21 heavy (non-hydrogen) atoms. The van der Waals surface area contributed by atoms with Crippen molar-refractivity contribution >= 4 is 16.7 Å². The standard InChI is InChI=1S/C17H13FN2O/c18-15-9-4-10-19-16(15)11-20-17(21)14-8-3-6-12-5-1-2-7-13(12)14/h1-10H,11H2,(H,20,21). The molecule has 0 fully saturated rings. The molecule has 3 nitrogen and oxygen atoms in total. The van der Waals surface area contributed by atoms with Crippen LogP contribution in [0.3, 0.4) is 0 Å². The molecule has 1 amide bonds. The van der Waals surface area contributed by atoms with Gasteiger partial charge in [-0.1, -0.05) is 36.4 Å². The van der Waals surface area contributed by atoms with E-state index in [4.69, 9.17) is 0 Å². The molecule has 0 aliphatic heterocycles. The molecule has 0 saturated carbocycles. The fourth-order valence-corrected chi connectivity index (χ4v) is 2.23. The Morgan fingerprint density at radius 2 is 1.86 bits per heavy atom. The Balaban J connectivity index is 1.83. The molecule has 0 radical (unpaired) electrons. The van der Waals surface area contributed by atoms with E-state index in [1.54, 1.807) is 6.07 Å². The van der Waals surface area contributed by atoms with Crippen LogP contribution in [0.4, 0.5) is 4.39 Å². The summed E-state index contributed by atoms with van der Waals surface area (Å²) in [6.07, 6.45) is 1.50. The Bertz CT molecular complexity index is 796. The van der Waals surface area contributed by atoms with Crippen molar-refractivity contribution in [1.29, 1.82) is 0 Å². The molecule has 1 heterocycles. The van der Waals surface area contributed by atoms with Gasteiger partial charge in [0.1, 0.15) is 5.82 Å². The lowest BCUT2D eigenvalue weighted by molar-refractivity contribution is 0.0951. The molecule has 0 unspecified atom stereocenters. The molecule has 2 aromatic carbocycles. The second-order valence-corrected chi connectivity index (χ2v) is 4.64. The topological polar surface area (TPSA) is 42.0 Å². The molecule has 104 valence electrons. The molecule has 0 bridgehead atoms. The predicted octanol–water partition coefficient (Wildman–Crippen LogP) is 3.30. The average Bonchev–Trinajstić information content (AvgIpc) is 2.53. The predicted molar refractivity (Wildman–Crippen MR) is 79.3 cm³/mol. The number of carbonyl (C=O) groups is 1. The van der Waals surface area contributed by atoms with Gasteiger partial charge < -0.3 is 5.32 Å². The number of nitrogens with one attached hydrogen (secondary N) is 1. The molecule has 0 aliphatic rings. The summed E-state index contributed by atoms with van der Waals surface area (Å²) in [4.78, 5) is 16.2. The fraction of sp³-hybridized carbons (Fsp3) is 0.0588. The Kier molecular flexibility index (Phi) is 3.60. The van der Waals surface area contributed by atoms with Crippen LogP contribution < -0.4 is 5.32 Å². The van der Waals surface area contributed by atoms with Crippen molar-refractivity contribution in [3.8, 4) is 0 Å². The molecule has 3 aromatic rings. The lowest BCUT2D eigenvalue weighted by atomic mass is 10.0. The number of halogens is 1. The number of hydrogen-bond donors (Lipinski definition) is 1. The van der Waals surface area contributed by atoms with E-state index in [2.05, 4.69) is 10.3 Å². The summed E-state index contributed by atoms with van der Waals surface area (Å²) in [6, 6.07) is 16.0. The second-order valence-electron chi connectivity index (χ2n) is 4.64. The maximum Gasteiger partial charge on any atom is 0.252 e. The van der Waals surface area contributed by atoms with Crippen molar-refractivity contribution < 1.29 is 9.18 Å². The zero-order valence-electron chi connectivity index (χ0n) is 11.2. The van der Waals surface area contributed by atoms with E-state index < -0.39 is 5.82 Å². The van der Waals surface area contributed by atoms with Crippen LogP contribution in [0.15, 0.2) is 60.8 Å². The van der Waals surface area contributed by atoms with Crippen LogP contribution in [0, 0.1) is 5.82 Å².